The molecule has 0 saturated heterocycles. The zero-order valence-corrected chi connectivity index (χ0v) is 9.73. The fraction of sp³-hybridized carbons (Fsp3) is 0.0769. The molecule has 0 aliphatic carbocycles. The minimum atomic E-state index is -0.759. The van der Waals surface area contributed by atoms with E-state index in [-0.39, 0.29) is 5.57 Å². The molecular weight excluding hydrogens is 230 g/mol. The molecule has 2 aromatic rings. The van der Waals surface area contributed by atoms with Gasteiger partial charge in [-0.25, -0.2) is 0 Å². The Balaban J connectivity index is 2.70. The molecule has 0 saturated carbocycles. The Kier molecular flexibility index (Phi) is 3.02. The molecule has 0 aliphatic rings. The van der Waals surface area contributed by atoms with E-state index in [1.807, 2.05) is 24.3 Å². The molecule has 0 fully saturated rings. The van der Waals surface area contributed by atoms with Gasteiger partial charge in [0.05, 0.1) is 7.11 Å². The topological polar surface area (TPSA) is 91.9 Å². The number of nitrogens with one attached hydrogen (secondary N) is 1. The molecule has 1 aromatic carbocycles. The van der Waals surface area contributed by atoms with Crippen LogP contribution >= 0.6 is 0 Å². The van der Waals surface area contributed by atoms with Gasteiger partial charge < -0.3 is 15.5 Å². The number of carbonyl (C=O) groups is 1. The first-order valence-electron chi connectivity index (χ1n) is 5.23. The van der Waals surface area contributed by atoms with Crippen LogP contribution < -0.4 is 10.5 Å². The Hall–Kier alpha value is -2.74. The third kappa shape index (κ3) is 1.92. The van der Waals surface area contributed by atoms with E-state index < -0.39 is 5.91 Å². The standard InChI is InChI=1S/C13H11N3O2/c1-18-13-10(6-8(7-14)12(15)17)9-4-2-3-5-11(9)16-13/h2-6,16H,1H3,(H2,15,17)/b8-6+. The highest BCUT2D eigenvalue weighted by Crippen LogP contribution is 2.29. The van der Waals surface area contributed by atoms with Crippen molar-refractivity contribution in [2.45, 2.75) is 0 Å². The highest BCUT2D eigenvalue weighted by atomic mass is 16.5. The van der Waals surface area contributed by atoms with E-state index in [1.165, 1.54) is 13.2 Å². The van der Waals surface area contributed by atoms with E-state index in [0.29, 0.717) is 11.4 Å². The van der Waals surface area contributed by atoms with Crippen LogP contribution in [0, 0.1) is 11.3 Å². The van der Waals surface area contributed by atoms with Crippen molar-refractivity contribution < 1.29 is 9.53 Å². The Morgan fingerprint density at radius 2 is 2.22 bits per heavy atom. The van der Waals surface area contributed by atoms with Gasteiger partial charge in [-0.15, -0.1) is 0 Å². The van der Waals surface area contributed by atoms with Gasteiger partial charge in [0.1, 0.15) is 11.6 Å². The van der Waals surface area contributed by atoms with Gasteiger partial charge in [0, 0.05) is 16.5 Å². The fourth-order valence-corrected chi connectivity index (χ4v) is 1.75. The smallest absolute Gasteiger partial charge is 0.259 e. The van der Waals surface area contributed by atoms with Crippen LogP contribution in [0.15, 0.2) is 29.8 Å². The number of aromatic nitrogens is 1. The average Bonchev–Trinajstić information content (AvgIpc) is 2.73. The summed E-state index contributed by atoms with van der Waals surface area (Å²) in [6.45, 7) is 0. The number of benzene rings is 1. The summed E-state index contributed by atoms with van der Waals surface area (Å²) in [4.78, 5) is 14.1. The number of nitriles is 1. The second-order valence-corrected chi connectivity index (χ2v) is 3.65. The van der Waals surface area contributed by atoms with E-state index >= 15 is 0 Å². The number of fused-ring (bicyclic) bond motifs is 1. The minimum Gasteiger partial charge on any atom is -0.482 e. The molecule has 0 radical (unpaired) electrons. The number of rotatable bonds is 3. The zero-order chi connectivity index (χ0) is 13.1. The normalized spacial score (nSPS) is 11.2. The van der Waals surface area contributed by atoms with Crippen LogP contribution in [0.4, 0.5) is 0 Å². The molecule has 5 heteroatoms. The van der Waals surface area contributed by atoms with Gasteiger partial charge in [0.25, 0.3) is 5.91 Å². The average molecular weight is 241 g/mol. The van der Waals surface area contributed by atoms with Crippen molar-refractivity contribution in [3.8, 4) is 11.9 Å². The van der Waals surface area contributed by atoms with Crippen molar-refractivity contribution in [2.24, 2.45) is 5.73 Å². The van der Waals surface area contributed by atoms with Gasteiger partial charge in [-0.1, -0.05) is 18.2 Å². The summed E-state index contributed by atoms with van der Waals surface area (Å²) in [5, 5.41) is 9.73. The number of primary amides is 1. The number of para-hydroxylation sites is 1. The van der Waals surface area contributed by atoms with Gasteiger partial charge in [0.2, 0.25) is 0 Å². The highest BCUT2D eigenvalue weighted by molar-refractivity contribution is 6.04. The number of aromatic amines is 1. The first-order valence-corrected chi connectivity index (χ1v) is 5.23. The summed E-state index contributed by atoms with van der Waals surface area (Å²) in [5.74, 6) is -0.268. The van der Waals surface area contributed by atoms with Crippen LogP contribution in [0.25, 0.3) is 17.0 Å². The number of nitrogens with zero attached hydrogens (tertiary/aromatic N) is 1. The quantitative estimate of drug-likeness (QED) is 0.631. The lowest BCUT2D eigenvalue weighted by Crippen LogP contribution is -2.12. The Morgan fingerprint density at radius 3 is 2.83 bits per heavy atom. The van der Waals surface area contributed by atoms with Crippen molar-refractivity contribution in [1.29, 1.82) is 5.26 Å². The van der Waals surface area contributed by atoms with E-state index in [1.54, 1.807) is 6.07 Å². The molecule has 0 bridgehead atoms. The number of nitrogens with two attached hydrogens (primary N) is 1. The zero-order valence-electron chi connectivity index (χ0n) is 9.73. The molecule has 1 aromatic heterocycles. The lowest BCUT2D eigenvalue weighted by Gasteiger charge is -1.98. The summed E-state index contributed by atoms with van der Waals surface area (Å²) in [7, 11) is 1.51. The van der Waals surface area contributed by atoms with Crippen molar-refractivity contribution in [3.05, 3.63) is 35.4 Å². The molecular formula is C13H11N3O2. The summed E-state index contributed by atoms with van der Waals surface area (Å²) in [6, 6.07) is 9.27. The first-order chi connectivity index (χ1) is 8.67. The van der Waals surface area contributed by atoms with E-state index in [9.17, 15) is 4.79 Å². The third-order valence-corrected chi connectivity index (χ3v) is 2.59. The van der Waals surface area contributed by atoms with Crippen molar-refractivity contribution >= 4 is 22.9 Å². The second-order valence-electron chi connectivity index (χ2n) is 3.65. The molecule has 0 atom stereocenters. The molecule has 1 heterocycles. The second kappa shape index (κ2) is 4.63. The summed E-state index contributed by atoms with van der Waals surface area (Å²) < 4.78 is 5.19. The van der Waals surface area contributed by atoms with Crippen LogP contribution in [-0.2, 0) is 4.79 Å². The first kappa shape index (κ1) is 11.7. The maximum Gasteiger partial charge on any atom is 0.259 e. The minimum absolute atomic E-state index is 0.113. The van der Waals surface area contributed by atoms with Crippen molar-refractivity contribution in [3.63, 3.8) is 0 Å². The van der Waals surface area contributed by atoms with E-state index in [4.69, 9.17) is 15.7 Å². The van der Waals surface area contributed by atoms with Crippen LogP contribution in [0.5, 0.6) is 5.88 Å². The lowest BCUT2D eigenvalue weighted by molar-refractivity contribution is -0.114. The summed E-state index contributed by atoms with van der Waals surface area (Å²) >= 11 is 0. The number of hydrogen-bond donors (Lipinski definition) is 2. The number of ether oxygens (including phenoxy) is 1. The fourth-order valence-electron chi connectivity index (χ4n) is 1.75. The number of amides is 1. The van der Waals surface area contributed by atoms with Gasteiger partial charge in [-0.2, -0.15) is 5.26 Å². The van der Waals surface area contributed by atoms with Gasteiger partial charge in [0.15, 0.2) is 5.88 Å². The molecule has 0 unspecified atom stereocenters. The predicted molar refractivity (Wildman–Crippen MR) is 67.6 cm³/mol. The van der Waals surface area contributed by atoms with Gasteiger partial charge in [-0.3, -0.25) is 4.79 Å². The highest BCUT2D eigenvalue weighted by Gasteiger charge is 2.12. The number of H-pyrrole nitrogens is 1. The monoisotopic (exact) mass is 241 g/mol. The SMILES string of the molecule is COc1[nH]c2ccccc2c1/C=C(\C#N)C(N)=O. The van der Waals surface area contributed by atoms with Crippen molar-refractivity contribution in [1.82, 2.24) is 4.98 Å². The van der Waals surface area contributed by atoms with Crippen molar-refractivity contribution in [2.75, 3.05) is 7.11 Å². The van der Waals surface area contributed by atoms with Crippen LogP contribution in [-0.4, -0.2) is 18.0 Å². The predicted octanol–water partition coefficient (Wildman–Crippen LogP) is 1.57. The third-order valence-electron chi connectivity index (χ3n) is 2.59. The molecule has 0 spiro atoms. The molecule has 3 N–H and O–H groups in total. The summed E-state index contributed by atoms with van der Waals surface area (Å²) in [5.41, 5.74) is 6.51. The number of hydrogen-bond acceptors (Lipinski definition) is 3. The molecule has 1 amide bonds. The molecule has 2 rings (SSSR count). The summed E-state index contributed by atoms with van der Waals surface area (Å²) in [6.07, 6.45) is 1.43. The molecule has 90 valence electrons. The Labute approximate surface area is 103 Å². The Bertz CT molecular complexity index is 677. The van der Waals surface area contributed by atoms with Crippen LogP contribution in [0.2, 0.25) is 0 Å². The van der Waals surface area contributed by atoms with Gasteiger partial charge >= 0.3 is 0 Å². The molecule has 5 nitrogen and oxygen atoms in total. The lowest BCUT2D eigenvalue weighted by atomic mass is 10.1. The van der Waals surface area contributed by atoms with E-state index in [2.05, 4.69) is 4.98 Å². The van der Waals surface area contributed by atoms with E-state index in [0.717, 1.165) is 10.9 Å². The molecule has 18 heavy (non-hydrogen) atoms. The number of methoxy groups -OCH3 is 1. The maximum atomic E-state index is 11.1. The number of carbonyl (C=O) groups excluding carboxylic acids is 1. The van der Waals surface area contributed by atoms with Crippen LogP contribution in [0.3, 0.4) is 0 Å². The Morgan fingerprint density at radius 1 is 1.50 bits per heavy atom. The van der Waals surface area contributed by atoms with Crippen LogP contribution in [0.1, 0.15) is 5.56 Å². The molecule has 0 aliphatic heterocycles. The van der Waals surface area contributed by atoms with Gasteiger partial charge in [-0.05, 0) is 12.1 Å². The maximum absolute atomic E-state index is 11.1. The largest absolute Gasteiger partial charge is 0.482 e.